The van der Waals surface area contributed by atoms with Crippen molar-refractivity contribution in [1.82, 2.24) is 4.31 Å². The molecule has 1 N–H and O–H groups in total. The zero-order valence-corrected chi connectivity index (χ0v) is 18.4. The van der Waals surface area contributed by atoms with Crippen molar-refractivity contribution in [2.45, 2.75) is 17.7 Å². The van der Waals surface area contributed by atoms with Gasteiger partial charge in [0, 0.05) is 23.8 Å². The number of hydrogen-bond acceptors (Lipinski definition) is 5. The molecular formula is C20H20Cl2N2O5S. The Morgan fingerprint density at radius 1 is 1.13 bits per heavy atom. The summed E-state index contributed by atoms with van der Waals surface area (Å²) in [6.07, 6.45) is 1.11. The van der Waals surface area contributed by atoms with Crippen molar-refractivity contribution < 1.29 is 22.7 Å². The Morgan fingerprint density at radius 2 is 1.83 bits per heavy atom. The smallest absolute Gasteiger partial charge is 0.339 e. The van der Waals surface area contributed by atoms with Crippen LogP contribution in [0.15, 0.2) is 47.4 Å². The molecule has 160 valence electrons. The lowest BCUT2D eigenvalue weighted by molar-refractivity contribution is -0.120. The molecule has 0 aliphatic carbocycles. The molecule has 30 heavy (non-hydrogen) atoms. The SMILES string of the molecule is COC(=O)c1cc(NC(=O)[C@@H]2CCCN(S(=O)(=O)c3ccc(Cl)cc3)C2)ccc1Cl. The molecule has 0 unspecified atom stereocenters. The number of methoxy groups -OCH3 is 1. The second-order valence-corrected chi connectivity index (χ2v) is 9.61. The number of esters is 1. The molecule has 1 aliphatic rings. The molecule has 1 heterocycles. The molecule has 0 aromatic heterocycles. The van der Waals surface area contributed by atoms with Crippen molar-refractivity contribution in [3.05, 3.63) is 58.1 Å². The van der Waals surface area contributed by atoms with E-state index >= 15 is 0 Å². The Balaban J connectivity index is 1.73. The third-order valence-electron chi connectivity index (χ3n) is 4.85. The van der Waals surface area contributed by atoms with Gasteiger partial charge in [-0.25, -0.2) is 13.2 Å². The number of nitrogens with one attached hydrogen (secondary N) is 1. The highest BCUT2D eigenvalue weighted by Crippen LogP contribution is 2.27. The molecule has 1 atom stereocenters. The Labute approximate surface area is 185 Å². The van der Waals surface area contributed by atoms with Crippen molar-refractivity contribution in [2.75, 3.05) is 25.5 Å². The van der Waals surface area contributed by atoms with E-state index < -0.39 is 21.9 Å². The molecule has 10 heteroatoms. The summed E-state index contributed by atoms with van der Waals surface area (Å²) >= 11 is 11.8. The number of halogens is 2. The number of amides is 1. The predicted octanol–water partition coefficient (Wildman–Crippen LogP) is 3.82. The maximum Gasteiger partial charge on any atom is 0.339 e. The monoisotopic (exact) mass is 470 g/mol. The molecule has 1 amide bonds. The van der Waals surface area contributed by atoms with Gasteiger partial charge in [0.25, 0.3) is 0 Å². The minimum atomic E-state index is -3.73. The molecular weight excluding hydrogens is 451 g/mol. The molecule has 3 rings (SSSR count). The van der Waals surface area contributed by atoms with Crippen LogP contribution in [0.1, 0.15) is 23.2 Å². The normalized spacial score (nSPS) is 17.4. The number of carbonyl (C=O) groups is 2. The molecule has 1 saturated heterocycles. The van der Waals surface area contributed by atoms with Gasteiger partial charge < -0.3 is 10.1 Å². The van der Waals surface area contributed by atoms with Crippen LogP contribution in [0, 0.1) is 5.92 Å². The Bertz CT molecular complexity index is 1060. The largest absolute Gasteiger partial charge is 0.465 e. The first-order valence-electron chi connectivity index (χ1n) is 9.17. The minimum Gasteiger partial charge on any atom is -0.465 e. The number of piperidine rings is 1. The number of sulfonamides is 1. The van der Waals surface area contributed by atoms with Crippen molar-refractivity contribution in [2.24, 2.45) is 5.92 Å². The van der Waals surface area contributed by atoms with E-state index in [1.54, 1.807) is 6.07 Å². The maximum absolute atomic E-state index is 12.9. The third kappa shape index (κ3) is 4.95. The topological polar surface area (TPSA) is 92.8 Å². The van der Waals surface area contributed by atoms with Gasteiger partial charge in [0.2, 0.25) is 15.9 Å². The molecule has 0 bridgehead atoms. The second-order valence-electron chi connectivity index (χ2n) is 6.83. The van der Waals surface area contributed by atoms with Gasteiger partial charge in [0.15, 0.2) is 0 Å². The number of anilines is 1. The Hall–Kier alpha value is -2.13. The lowest BCUT2D eigenvalue weighted by Gasteiger charge is -2.31. The van der Waals surface area contributed by atoms with E-state index in [2.05, 4.69) is 10.1 Å². The van der Waals surface area contributed by atoms with Crippen LogP contribution in [-0.2, 0) is 19.6 Å². The first kappa shape index (κ1) is 22.6. The summed E-state index contributed by atoms with van der Waals surface area (Å²) in [5, 5.41) is 3.38. The molecule has 2 aromatic rings. The van der Waals surface area contributed by atoms with E-state index in [0.29, 0.717) is 30.1 Å². The van der Waals surface area contributed by atoms with E-state index in [1.807, 2.05) is 0 Å². The highest BCUT2D eigenvalue weighted by atomic mass is 35.5. The van der Waals surface area contributed by atoms with Crippen LogP contribution < -0.4 is 5.32 Å². The van der Waals surface area contributed by atoms with Crippen molar-refractivity contribution in [1.29, 1.82) is 0 Å². The molecule has 1 fully saturated rings. The van der Waals surface area contributed by atoms with Gasteiger partial charge in [-0.05, 0) is 55.3 Å². The second kappa shape index (κ2) is 9.34. The Morgan fingerprint density at radius 3 is 2.50 bits per heavy atom. The van der Waals surface area contributed by atoms with Crippen LogP contribution in [0.2, 0.25) is 10.0 Å². The maximum atomic E-state index is 12.9. The highest BCUT2D eigenvalue weighted by Gasteiger charge is 2.33. The summed E-state index contributed by atoms with van der Waals surface area (Å²) in [5.41, 5.74) is 0.509. The molecule has 7 nitrogen and oxygen atoms in total. The number of benzene rings is 2. The van der Waals surface area contributed by atoms with Crippen LogP contribution in [0.3, 0.4) is 0 Å². The highest BCUT2D eigenvalue weighted by molar-refractivity contribution is 7.89. The van der Waals surface area contributed by atoms with Crippen LogP contribution in [-0.4, -0.2) is 44.8 Å². The average Bonchev–Trinajstić information content (AvgIpc) is 2.75. The number of rotatable bonds is 5. The molecule has 1 aliphatic heterocycles. The molecule has 0 spiro atoms. The predicted molar refractivity (Wildman–Crippen MR) is 114 cm³/mol. The van der Waals surface area contributed by atoms with Gasteiger partial charge in [-0.15, -0.1) is 0 Å². The van der Waals surface area contributed by atoms with Gasteiger partial charge in [-0.3, -0.25) is 4.79 Å². The first-order chi connectivity index (χ1) is 14.2. The van der Waals surface area contributed by atoms with Gasteiger partial charge in [-0.2, -0.15) is 4.31 Å². The van der Waals surface area contributed by atoms with Crippen LogP contribution in [0.25, 0.3) is 0 Å². The summed E-state index contributed by atoms with van der Waals surface area (Å²) in [5.74, 6) is -1.48. The fourth-order valence-corrected chi connectivity index (χ4v) is 5.09. The van der Waals surface area contributed by atoms with Crippen molar-refractivity contribution in [3.8, 4) is 0 Å². The summed E-state index contributed by atoms with van der Waals surface area (Å²) in [6, 6.07) is 10.4. The fourth-order valence-electron chi connectivity index (χ4n) is 3.24. The van der Waals surface area contributed by atoms with Crippen LogP contribution >= 0.6 is 23.2 Å². The summed E-state index contributed by atoms with van der Waals surface area (Å²) < 4.78 is 31.8. The summed E-state index contributed by atoms with van der Waals surface area (Å²) in [4.78, 5) is 24.7. The zero-order chi connectivity index (χ0) is 21.9. The lowest BCUT2D eigenvalue weighted by Crippen LogP contribution is -2.43. The third-order valence-corrected chi connectivity index (χ3v) is 7.31. The molecule has 0 saturated carbocycles. The Kier molecular flexibility index (Phi) is 7.02. The molecule has 2 aromatic carbocycles. The summed E-state index contributed by atoms with van der Waals surface area (Å²) in [7, 11) is -2.49. The number of ether oxygens (including phenoxy) is 1. The van der Waals surface area contributed by atoms with E-state index in [1.165, 1.54) is 47.8 Å². The number of carbonyl (C=O) groups excluding carboxylic acids is 2. The van der Waals surface area contributed by atoms with Gasteiger partial charge in [-0.1, -0.05) is 23.2 Å². The van der Waals surface area contributed by atoms with E-state index in [-0.39, 0.29) is 27.9 Å². The summed E-state index contributed by atoms with van der Waals surface area (Å²) in [6.45, 7) is 0.399. The van der Waals surface area contributed by atoms with E-state index in [4.69, 9.17) is 23.2 Å². The number of hydrogen-bond donors (Lipinski definition) is 1. The van der Waals surface area contributed by atoms with Gasteiger partial charge in [0.05, 0.1) is 28.5 Å². The standard InChI is InChI=1S/C20H20Cl2N2O5S/c1-29-20(26)17-11-15(6-9-18(17)22)23-19(25)13-3-2-10-24(12-13)30(27,28)16-7-4-14(21)5-8-16/h4-9,11,13H,2-3,10,12H2,1H3,(H,23,25)/t13-/m1/s1. The van der Waals surface area contributed by atoms with Crippen LogP contribution in [0.5, 0.6) is 0 Å². The van der Waals surface area contributed by atoms with Gasteiger partial charge >= 0.3 is 5.97 Å². The minimum absolute atomic E-state index is 0.0637. The zero-order valence-electron chi connectivity index (χ0n) is 16.1. The first-order valence-corrected chi connectivity index (χ1v) is 11.4. The molecule has 0 radical (unpaired) electrons. The average molecular weight is 471 g/mol. The van der Waals surface area contributed by atoms with E-state index in [0.717, 1.165) is 0 Å². The van der Waals surface area contributed by atoms with E-state index in [9.17, 15) is 18.0 Å². The van der Waals surface area contributed by atoms with Crippen molar-refractivity contribution in [3.63, 3.8) is 0 Å². The van der Waals surface area contributed by atoms with Gasteiger partial charge in [0.1, 0.15) is 0 Å². The van der Waals surface area contributed by atoms with Crippen molar-refractivity contribution >= 4 is 50.8 Å². The van der Waals surface area contributed by atoms with Crippen LogP contribution in [0.4, 0.5) is 5.69 Å². The fraction of sp³-hybridized carbons (Fsp3) is 0.300. The number of nitrogens with zero attached hydrogens (tertiary/aromatic N) is 1. The quantitative estimate of drug-likeness (QED) is 0.670. The lowest BCUT2D eigenvalue weighted by atomic mass is 9.98.